The van der Waals surface area contributed by atoms with E-state index in [0.717, 1.165) is 56.0 Å². The summed E-state index contributed by atoms with van der Waals surface area (Å²) in [5.74, 6) is 1.97. The summed E-state index contributed by atoms with van der Waals surface area (Å²) >= 11 is 0. The predicted molar refractivity (Wildman–Crippen MR) is 165 cm³/mol. The molecule has 2 fully saturated rings. The largest absolute Gasteiger partial charge is 0.508 e. The average Bonchev–Trinajstić information content (AvgIpc) is 3.29. The topological polar surface area (TPSA) is 64.5 Å². The Balaban J connectivity index is 1.63. The second kappa shape index (κ2) is 10.5. The van der Waals surface area contributed by atoms with Crippen molar-refractivity contribution in [3.05, 3.63) is 58.9 Å². The fourth-order valence-corrected chi connectivity index (χ4v) is 6.82. The number of fused-ring (bicyclic) bond motifs is 4. The number of benzene rings is 2. The van der Waals surface area contributed by atoms with Gasteiger partial charge in [-0.05, 0) is 76.0 Å². The van der Waals surface area contributed by atoms with Crippen molar-refractivity contribution in [2.45, 2.75) is 57.5 Å². The third kappa shape index (κ3) is 4.75. The maximum Gasteiger partial charge on any atom is 0.157 e. The first kappa shape index (κ1) is 28.3. The van der Waals surface area contributed by atoms with Gasteiger partial charge in [0.1, 0.15) is 23.1 Å². The van der Waals surface area contributed by atoms with Gasteiger partial charge < -0.3 is 20.2 Å². The number of anilines is 1. The number of rotatable bonds is 6. The number of phenols is 1. The summed E-state index contributed by atoms with van der Waals surface area (Å²) in [6.07, 6.45) is 10.5. The Morgan fingerprint density at radius 1 is 1.14 bits per heavy atom. The van der Waals surface area contributed by atoms with Crippen LogP contribution in [0.4, 0.5) is 14.6 Å². The van der Waals surface area contributed by atoms with Gasteiger partial charge in [0, 0.05) is 58.5 Å². The van der Waals surface area contributed by atoms with Crippen LogP contribution in [0.2, 0.25) is 0 Å². The van der Waals surface area contributed by atoms with E-state index in [1.165, 1.54) is 24.3 Å². The minimum atomic E-state index is -0.584. The zero-order valence-electron chi connectivity index (χ0n) is 24.9. The van der Waals surface area contributed by atoms with Crippen LogP contribution in [0.3, 0.4) is 0 Å². The van der Waals surface area contributed by atoms with Gasteiger partial charge in [0.25, 0.3) is 0 Å². The molecule has 2 atom stereocenters. The minimum absolute atomic E-state index is 0.0118. The zero-order chi connectivity index (χ0) is 29.9. The van der Waals surface area contributed by atoms with E-state index in [1.54, 1.807) is 6.20 Å². The smallest absolute Gasteiger partial charge is 0.157 e. The maximum atomic E-state index is 17.1. The summed E-state index contributed by atoms with van der Waals surface area (Å²) in [7, 11) is 4.09. The second-order valence-corrected chi connectivity index (χ2v) is 12.8. The number of pyridine rings is 2. The lowest BCUT2D eigenvalue weighted by molar-refractivity contribution is 0.338. The number of halogens is 2. The first-order chi connectivity index (χ1) is 20.0. The maximum absolute atomic E-state index is 17.1. The zero-order valence-corrected chi connectivity index (χ0v) is 24.9. The molecule has 0 radical (unpaired) electrons. The van der Waals surface area contributed by atoms with Crippen LogP contribution in [-0.4, -0.2) is 65.8 Å². The molecule has 4 heterocycles. The summed E-state index contributed by atoms with van der Waals surface area (Å²) in [6, 6.07) is 6.45. The van der Waals surface area contributed by atoms with Crippen LogP contribution in [0.5, 0.6) is 5.75 Å². The lowest BCUT2D eigenvalue weighted by atomic mass is 9.81. The van der Waals surface area contributed by atoms with Crippen molar-refractivity contribution >= 4 is 27.4 Å². The van der Waals surface area contributed by atoms with E-state index < -0.39 is 11.6 Å². The van der Waals surface area contributed by atoms with Gasteiger partial charge in [-0.3, -0.25) is 4.98 Å². The normalized spacial score (nSPS) is 18.8. The van der Waals surface area contributed by atoms with Crippen molar-refractivity contribution in [2.24, 2.45) is 0 Å². The summed E-state index contributed by atoms with van der Waals surface area (Å²) < 4.78 is 31.9. The highest BCUT2D eigenvalue weighted by molar-refractivity contribution is 6.04. The van der Waals surface area contributed by atoms with Crippen molar-refractivity contribution in [1.29, 1.82) is 0 Å². The Morgan fingerprint density at radius 3 is 2.52 bits per heavy atom. The monoisotopic (exact) mass is 569 g/mol. The Hall–Kier alpha value is -3.80. The van der Waals surface area contributed by atoms with Gasteiger partial charge in [0.15, 0.2) is 5.82 Å². The Bertz CT molecular complexity index is 1750. The number of aromatic nitrogens is 2. The Kier molecular flexibility index (Phi) is 7.07. The van der Waals surface area contributed by atoms with E-state index >= 15 is 4.39 Å². The average molecular weight is 570 g/mol. The van der Waals surface area contributed by atoms with Crippen molar-refractivity contribution in [2.75, 3.05) is 38.6 Å². The Morgan fingerprint density at radius 2 is 1.86 bits per heavy atom. The molecule has 42 heavy (non-hydrogen) atoms. The molecule has 0 aliphatic carbocycles. The number of aryl methyl sites for hydroxylation is 1. The molecule has 8 heteroatoms. The fourth-order valence-electron chi connectivity index (χ4n) is 6.82. The highest BCUT2D eigenvalue weighted by Crippen LogP contribution is 2.42. The van der Waals surface area contributed by atoms with E-state index in [2.05, 4.69) is 39.9 Å². The van der Waals surface area contributed by atoms with Gasteiger partial charge in [-0.15, -0.1) is 6.42 Å². The number of phenolic OH excluding ortho intramolecular Hbond substituents is 1. The molecule has 2 aliphatic rings. The summed E-state index contributed by atoms with van der Waals surface area (Å²) in [5, 5.41) is 16.2. The first-order valence-electron chi connectivity index (χ1n) is 14.6. The molecule has 0 amide bonds. The highest BCUT2D eigenvalue weighted by Gasteiger charge is 2.36. The third-order valence-electron chi connectivity index (χ3n) is 9.00. The molecule has 2 unspecified atom stereocenters. The van der Waals surface area contributed by atoms with E-state index in [9.17, 15) is 9.50 Å². The van der Waals surface area contributed by atoms with Crippen LogP contribution >= 0.6 is 0 Å². The molecular weight excluding hydrogens is 532 g/mol. The number of nitrogens with zero attached hydrogens (tertiary/aromatic N) is 4. The SMILES string of the molecule is C#Cc1c(F)ccc2cc(O)cc(-c3ncc4c(N5CC6CCC(C5)N6)nc(C(C)(C)CCN(C)C)c(C)c4c3F)c12. The minimum Gasteiger partial charge on any atom is -0.508 e. The van der Waals surface area contributed by atoms with Gasteiger partial charge in [0.2, 0.25) is 0 Å². The van der Waals surface area contributed by atoms with Crippen LogP contribution in [0, 0.1) is 30.9 Å². The molecule has 6 rings (SSSR count). The number of hydrogen-bond donors (Lipinski definition) is 2. The summed E-state index contributed by atoms with van der Waals surface area (Å²) in [4.78, 5) is 14.3. The van der Waals surface area contributed by atoms with Gasteiger partial charge in [-0.25, -0.2) is 13.8 Å². The lowest BCUT2D eigenvalue weighted by Gasteiger charge is -2.36. The van der Waals surface area contributed by atoms with E-state index in [-0.39, 0.29) is 28.0 Å². The molecule has 4 aromatic rings. The van der Waals surface area contributed by atoms with Crippen LogP contribution in [-0.2, 0) is 5.41 Å². The van der Waals surface area contributed by atoms with Gasteiger partial charge in [0.05, 0.1) is 11.3 Å². The molecule has 0 spiro atoms. The van der Waals surface area contributed by atoms with Crippen molar-refractivity contribution in [3.8, 4) is 29.4 Å². The van der Waals surface area contributed by atoms with Crippen molar-refractivity contribution in [3.63, 3.8) is 0 Å². The van der Waals surface area contributed by atoms with Crippen molar-refractivity contribution in [1.82, 2.24) is 20.2 Å². The Labute approximate surface area is 245 Å². The number of hydrogen-bond acceptors (Lipinski definition) is 6. The van der Waals surface area contributed by atoms with Crippen molar-refractivity contribution < 1.29 is 13.9 Å². The van der Waals surface area contributed by atoms with E-state index in [1.807, 2.05) is 21.0 Å². The number of nitrogens with one attached hydrogen (secondary N) is 1. The van der Waals surface area contributed by atoms with Gasteiger partial charge in [-0.1, -0.05) is 25.8 Å². The fraction of sp³-hybridized carbons (Fsp3) is 0.412. The first-order valence-corrected chi connectivity index (χ1v) is 14.6. The predicted octanol–water partition coefficient (Wildman–Crippen LogP) is 5.89. The molecule has 2 aromatic heterocycles. The molecule has 218 valence electrons. The van der Waals surface area contributed by atoms with Crippen LogP contribution in [0.1, 0.15) is 49.9 Å². The van der Waals surface area contributed by atoms with Crippen LogP contribution in [0.25, 0.3) is 32.8 Å². The molecule has 0 saturated carbocycles. The third-order valence-corrected chi connectivity index (χ3v) is 9.00. The quantitative estimate of drug-likeness (QED) is 0.282. The van der Waals surface area contributed by atoms with E-state index in [0.29, 0.717) is 33.6 Å². The standard InChI is InChI=1S/C34H37F2N5O/c1-7-24-27(35)11-8-20-14-23(42)15-25(29(20)24)31-30(36)28-19(2)32(34(3,4)12-13-40(5)6)39-33(26(28)16-37-31)41-17-21-9-10-22(18-41)38-21/h1,8,11,14-16,21-22,38,42H,9-10,12-13,17-18H2,2-6H3. The number of aromatic hydroxyl groups is 1. The van der Waals surface area contributed by atoms with Crippen LogP contribution < -0.4 is 10.2 Å². The van der Waals surface area contributed by atoms with Gasteiger partial charge in [-0.2, -0.15) is 0 Å². The molecule has 6 nitrogen and oxygen atoms in total. The van der Waals surface area contributed by atoms with E-state index in [4.69, 9.17) is 11.4 Å². The number of terminal acetylenes is 1. The molecule has 2 saturated heterocycles. The molecular formula is C34H37F2N5O. The molecule has 2 N–H and O–H groups in total. The molecule has 2 aliphatic heterocycles. The number of piperazine rings is 1. The second-order valence-electron chi connectivity index (χ2n) is 12.8. The lowest BCUT2D eigenvalue weighted by Crippen LogP contribution is -2.51. The molecule has 2 bridgehead atoms. The van der Waals surface area contributed by atoms with Crippen LogP contribution in [0.15, 0.2) is 30.5 Å². The summed E-state index contributed by atoms with van der Waals surface area (Å²) in [5.41, 5.74) is 1.55. The molecule has 2 aromatic carbocycles. The van der Waals surface area contributed by atoms with Gasteiger partial charge >= 0.3 is 0 Å². The summed E-state index contributed by atoms with van der Waals surface area (Å²) in [6.45, 7) is 8.70. The highest BCUT2D eigenvalue weighted by atomic mass is 19.1.